The number of benzene rings is 2. The Kier molecular flexibility index (Phi) is 4.12. The highest BCUT2D eigenvalue weighted by atomic mass is 35.5. The summed E-state index contributed by atoms with van der Waals surface area (Å²) in [6, 6.07) is 10.1. The highest BCUT2D eigenvalue weighted by molar-refractivity contribution is 6.36. The van der Waals surface area contributed by atoms with Crippen molar-refractivity contribution in [1.82, 2.24) is 9.78 Å². The first-order valence-corrected chi connectivity index (χ1v) is 8.59. The van der Waals surface area contributed by atoms with Crippen LogP contribution in [-0.4, -0.2) is 16.3 Å². The van der Waals surface area contributed by atoms with Crippen LogP contribution in [0, 0.1) is 0 Å². The van der Waals surface area contributed by atoms with Crippen LogP contribution >= 0.6 is 23.2 Å². The molecule has 0 aliphatic carbocycles. The first-order valence-electron chi connectivity index (χ1n) is 7.83. The minimum absolute atomic E-state index is 0.476. The average Bonchev–Trinajstić information content (AvgIpc) is 3.17. The smallest absolute Gasteiger partial charge is 0.369 e. The Morgan fingerprint density at radius 3 is 2.42 bits per heavy atom. The number of hydrogen-bond acceptors (Lipinski definition) is 2. The molecule has 0 atom stereocenters. The molecular weight excluding hydrogens is 386 g/mol. The van der Waals surface area contributed by atoms with Crippen LogP contribution in [0.15, 0.2) is 42.5 Å². The van der Waals surface area contributed by atoms with Gasteiger partial charge in [0.05, 0.1) is 22.0 Å². The van der Waals surface area contributed by atoms with E-state index in [-0.39, 0.29) is 0 Å². The van der Waals surface area contributed by atoms with Gasteiger partial charge in [-0.2, -0.15) is 18.3 Å². The molecule has 0 saturated heterocycles. The number of rotatable bonds is 2. The Balaban J connectivity index is 1.82. The second-order valence-corrected chi connectivity index (χ2v) is 6.78. The van der Waals surface area contributed by atoms with Gasteiger partial charge in [0.2, 0.25) is 0 Å². The lowest BCUT2D eigenvalue weighted by molar-refractivity contribution is -0.137. The number of nitrogens with one attached hydrogen (secondary N) is 1. The highest BCUT2D eigenvalue weighted by Crippen LogP contribution is 2.38. The zero-order valence-corrected chi connectivity index (χ0v) is 14.8. The predicted octanol–water partition coefficient (Wildman–Crippen LogP) is 5.83. The van der Waals surface area contributed by atoms with Crippen molar-refractivity contribution in [3.63, 3.8) is 0 Å². The number of halogens is 5. The maximum atomic E-state index is 12.8. The van der Waals surface area contributed by atoms with Crippen LogP contribution in [0.4, 0.5) is 19.0 Å². The maximum Gasteiger partial charge on any atom is 0.416 e. The van der Waals surface area contributed by atoms with Crippen LogP contribution in [0.2, 0.25) is 10.0 Å². The van der Waals surface area contributed by atoms with E-state index in [1.165, 1.54) is 12.1 Å². The zero-order valence-electron chi connectivity index (χ0n) is 13.2. The fraction of sp³-hybridized carbons (Fsp3) is 0.167. The summed E-state index contributed by atoms with van der Waals surface area (Å²) < 4.78 is 40.0. The van der Waals surface area contributed by atoms with E-state index in [0.29, 0.717) is 21.4 Å². The third-order valence-corrected chi connectivity index (χ3v) is 4.82. The van der Waals surface area contributed by atoms with Crippen molar-refractivity contribution in [3.8, 4) is 16.9 Å². The standard InChI is InChI=1S/C18H12Cl2F3N3/c19-11-3-6-13(15(20)9-11)16-14-7-8-24-17(14)26(25-16)12-4-1-10(2-5-12)18(21,22)23/h1-6,9,24H,7-8H2. The van der Waals surface area contributed by atoms with Gasteiger partial charge < -0.3 is 5.32 Å². The Morgan fingerprint density at radius 1 is 1.04 bits per heavy atom. The van der Waals surface area contributed by atoms with Gasteiger partial charge in [0, 0.05) is 22.7 Å². The van der Waals surface area contributed by atoms with Crippen molar-refractivity contribution >= 4 is 29.0 Å². The molecule has 0 radical (unpaired) electrons. The highest BCUT2D eigenvalue weighted by Gasteiger charge is 2.30. The lowest BCUT2D eigenvalue weighted by Crippen LogP contribution is -2.07. The number of fused-ring (bicyclic) bond motifs is 1. The number of nitrogens with zero attached hydrogens (tertiary/aromatic N) is 2. The Hall–Kier alpha value is -2.18. The number of alkyl halides is 3. The van der Waals surface area contributed by atoms with Gasteiger partial charge in [0.25, 0.3) is 0 Å². The van der Waals surface area contributed by atoms with Gasteiger partial charge in [0.15, 0.2) is 0 Å². The molecule has 3 aromatic rings. The molecule has 1 aliphatic heterocycles. The van der Waals surface area contributed by atoms with Crippen molar-refractivity contribution < 1.29 is 13.2 Å². The van der Waals surface area contributed by atoms with Crippen LogP contribution in [0.5, 0.6) is 0 Å². The lowest BCUT2D eigenvalue weighted by Gasteiger charge is -2.09. The topological polar surface area (TPSA) is 29.9 Å². The predicted molar refractivity (Wildman–Crippen MR) is 96.2 cm³/mol. The molecule has 3 nitrogen and oxygen atoms in total. The fourth-order valence-corrected chi connectivity index (χ4v) is 3.55. The Bertz CT molecular complexity index is 979. The molecule has 1 aliphatic rings. The molecule has 26 heavy (non-hydrogen) atoms. The van der Waals surface area contributed by atoms with E-state index < -0.39 is 11.7 Å². The maximum absolute atomic E-state index is 12.8. The first kappa shape index (κ1) is 17.2. The zero-order chi connectivity index (χ0) is 18.5. The fourth-order valence-electron chi connectivity index (χ4n) is 3.05. The van der Waals surface area contributed by atoms with Gasteiger partial charge in [-0.05, 0) is 48.9 Å². The van der Waals surface area contributed by atoms with Crippen molar-refractivity contribution in [2.75, 3.05) is 11.9 Å². The second-order valence-electron chi connectivity index (χ2n) is 5.93. The van der Waals surface area contributed by atoms with Gasteiger partial charge in [-0.15, -0.1) is 0 Å². The summed E-state index contributed by atoms with van der Waals surface area (Å²) in [5.74, 6) is 0.769. The van der Waals surface area contributed by atoms with Crippen LogP contribution in [-0.2, 0) is 12.6 Å². The summed E-state index contributed by atoms with van der Waals surface area (Å²) in [4.78, 5) is 0. The Morgan fingerprint density at radius 2 is 1.77 bits per heavy atom. The normalized spacial score (nSPS) is 13.6. The molecule has 2 heterocycles. The van der Waals surface area contributed by atoms with E-state index in [1.807, 2.05) is 0 Å². The molecule has 1 N–H and O–H groups in total. The minimum atomic E-state index is -4.37. The summed E-state index contributed by atoms with van der Waals surface area (Å²) in [6.45, 7) is 0.728. The molecule has 0 amide bonds. The van der Waals surface area contributed by atoms with E-state index in [9.17, 15) is 13.2 Å². The van der Waals surface area contributed by atoms with Gasteiger partial charge in [-0.1, -0.05) is 23.2 Å². The van der Waals surface area contributed by atoms with E-state index >= 15 is 0 Å². The van der Waals surface area contributed by atoms with Gasteiger partial charge in [-0.3, -0.25) is 0 Å². The number of aromatic nitrogens is 2. The molecule has 4 rings (SSSR count). The van der Waals surface area contributed by atoms with Gasteiger partial charge in [-0.25, -0.2) is 4.68 Å². The monoisotopic (exact) mass is 397 g/mol. The molecule has 2 aromatic carbocycles. The minimum Gasteiger partial charge on any atom is -0.369 e. The van der Waals surface area contributed by atoms with Crippen molar-refractivity contribution in [1.29, 1.82) is 0 Å². The van der Waals surface area contributed by atoms with Crippen molar-refractivity contribution in [2.24, 2.45) is 0 Å². The largest absolute Gasteiger partial charge is 0.416 e. The summed E-state index contributed by atoms with van der Waals surface area (Å²) in [5, 5.41) is 8.84. The molecule has 134 valence electrons. The molecular formula is C18H12Cl2F3N3. The van der Waals surface area contributed by atoms with E-state index in [0.717, 1.165) is 42.0 Å². The third kappa shape index (κ3) is 2.93. The van der Waals surface area contributed by atoms with E-state index in [4.69, 9.17) is 23.2 Å². The molecule has 0 spiro atoms. The molecule has 1 aromatic heterocycles. The third-order valence-electron chi connectivity index (χ3n) is 4.28. The molecule has 8 heteroatoms. The Labute approximate surface area is 157 Å². The van der Waals surface area contributed by atoms with Gasteiger partial charge in [0.1, 0.15) is 5.82 Å². The quantitative estimate of drug-likeness (QED) is 0.589. The molecule has 0 saturated carbocycles. The van der Waals surface area contributed by atoms with E-state index in [1.54, 1.807) is 22.9 Å². The first-order chi connectivity index (χ1) is 12.3. The SMILES string of the molecule is FC(F)(F)c1ccc(-n2nc(-c3ccc(Cl)cc3Cl)c3c2NCC3)cc1. The van der Waals surface area contributed by atoms with Crippen LogP contribution in [0.25, 0.3) is 16.9 Å². The summed E-state index contributed by atoms with van der Waals surface area (Å²) in [5.41, 5.74) is 2.27. The van der Waals surface area contributed by atoms with E-state index in [2.05, 4.69) is 10.4 Å². The lowest BCUT2D eigenvalue weighted by atomic mass is 10.1. The molecule has 0 bridgehead atoms. The second kappa shape index (κ2) is 6.21. The van der Waals surface area contributed by atoms with Crippen molar-refractivity contribution in [2.45, 2.75) is 12.6 Å². The van der Waals surface area contributed by atoms with Crippen LogP contribution < -0.4 is 5.32 Å². The number of hydrogen-bond donors (Lipinski definition) is 1. The van der Waals surface area contributed by atoms with Gasteiger partial charge >= 0.3 is 6.18 Å². The summed E-state index contributed by atoms with van der Waals surface area (Å²) in [6.07, 6.45) is -3.62. The summed E-state index contributed by atoms with van der Waals surface area (Å²) in [7, 11) is 0. The molecule has 0 fully saturated rings. The number of anilines is 1. The summed E-state index contributed by atoms with van der Waals surface area (Å²) >= 11 is 12.3. The van der Waals surface area contributed by atoms with Crippen LogP contribution in [0.1, 0.15) is 11.1 Å². The van der Waals surface area contributed by atoms with Crippen molar-refractivity contribution in [3.05, 3.63) is 63.6 Å². The molecule has 0 unspecified atom stereocenters. The van der Waals surface area contributed by atoms with Crippen LogP contribution in [0.3, 0.4) is 0 Å². The average molecular weight is 398 g/mol.